The van der Waals surface area contributed by atoms with Gasteiger partial charge in [-0.1, -0.05) is 13.8 Å². The van der Waals surface area contributed by atoms with E-state index < -0.39 is 22.7 Å². The van der Waals surface area contributed by atoms with Crippen LogP contribution in [0.15, 0.2) is 18.2 Å². The lowest BCUT2D eigenvalue weighted by molar-refractivity contribution is -0.137. The van der Waals surface area contributed by atoms with Gasteiger partial charge in [0.1, 0.15) is 0 Å². The number of hydrogen-bond acceptors (Lipinski definition) is 2. The molecule has 3 unspecified atom stereocenters. The molecule has 1 N–H and O–H groups in total. The largest absolute Gasteiger partial charge is 0.416 e. The van der Waals surface area contributed by atoms with Crippen LogP contribution < -0.4 is 0 Å². The molecular formula is C23H34F3N3OS. The molecule has 1 aliphatic heterocycles. The maximum Gasteiger partial charge on any atom is 0.416 e. The second kappa shape index (κ2) is 10.0. The molecule has 0 saturated carbocycles. The molecule has 2 aromatic rings. The molecular weight excluding hydrogens is 423 g/mol. The van der Waals surface area contributed by atoms with Crippen LogP contribution in [0.3, 0.4) is 0 Å². The summed E-state index contributed by atoms with van der Waals surface area (Å²) in [4.78, 5) is 5.85. The highest BCUT2D eigenvalue weighted by Crippen LogP contribution is 2.40. The molecule has 1 aromatic carbocycles. The van der Waals surface area contributed by atoms with E-state index in [1.165, 1.54) is 12.1 Å². The number of aromatic nitrogens is 1. The van der Waals surface area contributed by atoms with Crippen molar-refractivity contribution in [3.8, 4) is 0 Å². The minimum Gasteiger partial charge on any atom is -0.358 e. The summed E-state index contributed by atoms with van der Waals surface area (Å²) >= 11 is 0. The van der Waals surface area contributed by atoms with Crippen LogP contribution in [0.4, 0.5) is 13.2 Å². The Morgan fingerprint density at radius 2 is 1.97 bits per heavy atom. The minimum atomic E-state index is -4.31. The van der Waals surface area contributed by atoms with Gasteiger partial charge in [0.05, 0.1) is 16.5 Å². The Bertz CT molecular complexity index is 911. The first-order valence-corrected chi connectivity index (χ1v) is 12.7. The van der Waals surface area contributed by atoms with E-state index in [1.54, 1.807) is 12.3 Å². The Morgan fingerprint density at radius 3 is 2.65 bits per heavy atom. The van der Waals surface area contributed by atoms with Gasteiger partial charge in [0.25, 0.3) is 0 Å². The smallest absolute Gasteiger partial charge is 0.358 e. The zero-order valence-corrected chi connectivity index (χ0v) is 19.7. The molecule has 8 heteroatoms. The zero-order valence-electron chi connectivity index (χ0n) is 18.9. The van der Waals surface area contributed by atoms with Gasteiger partial charge in [-0.05, 0) is 81.4 Å². The number of halogens is 3. The van der Waals surface area contributed by atoms with E-state index in [0.29, 0.717) is 11.8 Å². The zero-order chi connectivity index (χ0) is 22.8. The average Bonchev–Trinajstić information content (AvgIpc) is 3.09. The van der Waals surface area contributed by atoms with Crippen molar-refractivity contribution in [2.24, 2.45) is 11.8 Å². The fourth-order valence-electron chi connectivity index (χ4n) is 4.92. The van der Waals surface area contributed by atoms with Crippen molar-refractivity contribution in [1.82, 2.24) is 14.2 Å². The number of nitrogens with one attached hydrogen (secondary N) is 1. The van der Waals surface area contributed by atoms with Crippen molar-refractivity contribution < 1.29 is 17.4 Å². The summed E-state index contributed by atoms with van der Waals surface area (Å²) in [5.41, 5.74) is 2.45. The quantitative estimate of drug-likeness (QED) is 0.696. The van der Waals surface area contributed by atoms with Gasteiger partial charge >= 0.3 is 6.18 Å². The lowest BCUT2D eigenvalue weighted by Gasteiger charge is -2.41. The van der Waals surface area contributed by atoms with Crippen molar-refractivity contribution in [3.63, 3.8) is 0 Å². The van der Waals surface area contributed by atoms with Crippen LogP contribution in [0.1, 0.15) is 43.5 Å². The van der Waals surface area contributed by atoms with E-state index in [-0.39, 0.29) is 0 Å². The molecule has 31 heavy (non-hydrogen) atoms. The number of hydrogen-bond donors (Lipinski definition) is 1. The Hall–Kier alpha value is -1.38. The Kier molecular flexibility index (Phi) is 7.86. The molecule has 1 fully saturated rings. The van der Waals surface area contributed by atoms with Crippen LogP contribution in [-0.2, 0) is 30.0 Å². The first-order valence-electron chi connectivity index (χ1n) is 11.2. The van der Waals surface area contributed by atoms with Crippen molar-refractivity contribution in [3.05, 3.63) is 35.0 Å². The number of likely N-dealkylation sites (tertiary alicyclic amines) is 1. The van der Waals surface area contributed by atoms with Crippen LogP contribution in [0.25, 0.3) is 10.9 Å². The lowest BCUT2D eigenvalue weighted by atomic mass is 9.74. The molecule has 0 spiro atoms. The Morgan fingerprint density at radius 1 is 1.23 bits per heavy atom. The standard InChI is InChI=1S/C21H28F3N3OS.C2H6/c1-26(29(2)28)7-3-8-27-9-6-14-11-20-17(10-15(14)13-27)18-12-16(21(22,23)24)4-5-19(18)25-20;1-2/h4-5,12,14-15,25H,3,6-11,13H2,1-2H3;1-2H3. The number of nitrogens with zero attached hydrogens (tertiary/aromatic N) is 2. The topological polar surface area (TPSA) is 39.3 Å². The molecule has 4 nitrogen and oxygen atoms in total. The fourth-order valence-corrected chi connectivity index (χ4v) is 5.30. The van der Waals surface area contributed by atoms with Gasteiger partial charge in [-0.15, -0.1) is 0 Å². The summed E-state index contributed by atoms with van der Waals surface area (Å²) in [6.45, 7) is 7.84. The van der Waals surface area contributed by atoms with Crippen LogP contribution in [0.2, 0.25) is 0 Å². The molecule has 0 radical (unpaired) electrons. The molecule has 1 saturated heterocycles. The highest BCUT2D eigenvalue weighted by Gasteiger charge is 2.36. The van der Waals surface area contributed by atoms with Crippen molar-refractivity contribution in [2.75, 3.05) is 39.5 Å². The summed E-state index contributed by atoms with van der Waals surface area (Å²) in [6.07, 6.45) is 1.25. The molecule has 2 heterocycles. The van der Waals surface area contributed by atoms with Crippen LogP contribution >= 0.6 is 0 Å². The number of piperidine rings is 1. The molecule has 0 bridgehead atoms. The van der Waals surface area contributed by atoms with Gasteiger partial charge in [-0.3, -0.25) is 0 Å². The number of rotatable bonds is 5. The van der Waals surface area contributed by atoms with Gasteiger partial charge in [-0.25, -0.2) is 8.51 Å². The van der Waals surface area contributed by atoms with Crippen LogP contribution in [0, 0.1) is 11.8 Å². The third kappa shape index (κ3) is 5.52. The Labute approximate surface area is 185 Å². The monoisotopic (exact) mass is 457 g/mol. The molecule has 0 amide bonds. The van der Waals surface area contributed by atoms with E-state index in [2.05, 4.69) is 9.88 Å². The third-order valence-electron chi connectivity index (χ3n) is 6.62. The second-order valence-electron chi connectivity index (χ2n) is 8.49. The lowest BCUT2D eigenvalue weighted by Crippen LogP contribution is -2.44. The summed E-state index contributed by atoms with van der Waals surface area (Å²) in [7, 11) is 0.938. The van der Waals surface area contributed by atoms with E-state index in [1.807, 2.05) is 25.2 Å². The van der Waals surface area contributed by atoms with Crippen LogP contribution in [0.5, 0.6) is 0 Å². The fraction of sp³-hybridized carbons (Fsp3) is 0.652. The summed E-state index contributed by atoms with van der Waals surface area (Å²) in [6, 6.07) is 4.05. The minimum absolute atomic E-state index is 0.489. The van der Waals surface area contributed by atoms with Gasteiger partial charge < -0.3 is 9.88 Å². The SMILES string of the molecule is CC.CN(CCCN1CCC2Cc3[nH]c4ccc(C(F)(F)F)cc4c3CC2C1)S(C)=O. The molecule has 3 atom stereocenters. The maximum atomic E-state index is 13.2. The van der Waals surface area contributed by atoms with E-state index >= 15 is 0 Å². The second-order valence-corrected chi connectivity index (χ2v) is 9.96. The van der Waals surface area contributed by atoms with Gasteiger partial charge in [0.2, 0.25) is 0 Å². The van der Waals surface area contributed by atoms with E-state index in [0.717, 1.165) is 74.0 Å². The predicted molar refractivity (Wildman–Crippen MR) is 121 cm³/mol. The van der Waals surface area contributed by atoms with E-state index in [4.69, 9.17) is 0 Å². The summed E-state index contributed by atoms with van der Waals surface area (Å²) < 4.78 is 52.8. The predicted octanol–water partition coefficient (Wildman–Crippen LogP) is 4.87. The number of benzene rings is 1. The van der Waals surface area contributed by atoms with Crippen molar-refractivity contribution in [2.45, 2.75) is 45.7 Å². The molecule has 2 aliphatic rings. The molecule has 1 aromatic heterocycles. The van der Waals surface area contributed by atoms with Gasteiger partial charge in [0.15, 0.2) is 0 Å². The average molecular weight is 458 g/mol. The number of H-pyrrole nitrogens is 1. The molecule has 1 aliphatic carbocycles. The number of fused-ring (bicyclic) bond motifs is 4. The highest BCUT2D eigenvalue weighted by atomic mass is 32.2. The van der Waals surface area contributed by atoms with Gasteiger partial charge in [0, 0.05) is 35.9 Å². The van der Waals surface area contributed by atoms with Gasteiger partial charge in [-0.2, -0.15) is 13.2 Å². The van der Waals surface area contributed by atoms with Crippen molar-refractivity contribution in [1.29, 1.82) is 0 Å². The first kappa shape index (κ1) is 24.3. The Balaban J connectivity index is 0.00000132. The van der Waals surface area contributed by atoms with Crippen molar-refractivity contribution >= 4 is 21.9 Å². The first-order chi connectivity index (χ1) is 14.7. The molecule has 174 valence electrons. The third-order valence-corrected chi connectivity index (χ3v) is 7.68. The van der Waals surface area contributed by atoms with E-state index in [9.17, 15) is 17.4 Å². The number of aromatic amines is 1. The summed E-state index contributed by atoms with van der Waals surface area (Å²) in [5, 5.41) is 0.734. The summed E-state index contributed by atoms with van der Waals surface area (Å²) in [5.74, 6) is 1.09. The normalized spacial score (nSPS) is 22.6. The van der Waals surface area contributed by atoms with Crippen LogP contribution in [-0.4, -0.2) is 57.9 Å². The number of alkyl halides is 3. The maximum absolute atomic E-state index is 13.2. The molecule has 4 rings (SSSR count). The highest BCUT2D eigenvalue weighted by molar-refractivity contribution is 7.81.